The summed E-state index contributed by atoms with van der Waals surface area (Å²) in [6.45, 7) is 4.73. The van der Waals surface area contributed by atoms with Crippen LogP contribution < -0.4 is 9.62 Å². The zero-order valence-corrected chi connectivity index (χ0v) is 23.4. The molecule has 198 valence electrons. The highest BCUT2D eigenvalue weighted by atomic mass is 35.5. The molecule has 0 unspecified atom stereocenters. The average molecular weight is 557 g/mol. The minimum Gasteiger partial charge on any atom is -0.354 e. The van der Waals surface area contributed by atoms with E-state index in [1.165, 1.54) is 4.31 Å². The van der Waals surface area contributed by atoms with Gasteiger partial charge >= 0.3 is 0 Å². The number of halogens is 2. The molecule has 0 spiro atoms. The zero-order valence-electron chi connectivity index (χ0n) is 21.0. The molecule has 2 amide bonds. The van der Waals surface area contributed by atoms with Crippen LogP contribution in [0.5, 0.6) is 0 Å². The topological polar surface area (TPSA) is 86.8 Å². The van der Waals surface area contributed by atoms with Crippen molar-refractivity contribution in [2.24, 2.45) is 0 Å². The van der Waals surface area contributed by atoms with Crippen LogP contribution in [-0.2, 0) is 26.2 Å². The Balaban J connectivity index is 2.21. The molecule has 0 heterocycles. The maximum absolute atomic E-state index is 13.4. The summed E-state index contributed by atoms with van der Waals surface area (Å²) in [5.41, 5.74) is 1.18. The fraction of sp³-hybridized carbons (Fsp3) is 0.462. The van der Waals surface area contributed by atoms with Gasteiger partial charge in [-0.1, -0.05) is 67.7 Å². The van der Waals surface area contributed by atoms with E-state index in [1.807, 2.05) is 32.0 Å². The molecule has 1 N–H and O–H groups in total. The fourth-order valence-corrected chi connectivity index (χ4v) is 5.21. The van der Waals surface area contributed by atoms with Gasteiger partial charge in [0.25, 0.3) is 0 Å². The van der Waals surface area contributed by atoms with Crippen molar-refractivity contribution in [1.82, 2.24) is 10.2 Å². The number of anilines is 1. The first-order valence-corrected chi connectivity index (χ1v) is 14.7. The van der Waals surface area contributed by atoms with E-state index < -0.39 is 16.1 Å². The highest BCUT2D eigenvalue weighted by molar-refractivity contribution is 7.92. The van der Waals surface area contributed by atoms with Crippen molar-refractivity contribution >= 4 is 50.7 Å². The fourth-order valence-electron chi connectivity index (χ4n) is 3.87. The van der Waals surface area contributed by atoms with E-state index in [0.29, 0.717) is 28.7 Å². The number of nitrogens with zero attached hydrogens (tertiary/aromatic N) is 2. The van der Waals surface area contributed by atoms with Crippen LogP contribution in [0.1, 0.15) is 51.5 Å². The number of sulfonamides is 1. The van der Waals surface area contributed by atoms with Crippen LogP contribution >= 0.6 is 23.2 Å². The molecule has 0 fully saturated rings. The second-order valence-electron chi connectivity index (χ2n) is 8.60. The summed E-state index contributed by atoms with van der Waals surface area (Å²) in [6.07, 6.45) is 3.69. The van der Waals surface area contributed by atoms with Crippen LogP contribution in [0.3, 0.4) is 0 Å². The highest BCUT2D eigenvalue weighted by Crippen LogP contribution is 2.24. The van der Waals surface area contributed by atoms with Crippen molar-refractivity contribution < 1.29 is 18.0 Å². The van der Waals surface area contributed by atoms with Crippen molar-refractivity contribution in [1.29, 1.82) is 0 Å². The van der Waals surface area contributed by atoms with Gasteiger partial charge in [0.15, 0.2) is 0 Å². The van der Waals surface area contributed by atoms with Gasteiger partial charge in [-0.25, -0.2) is 8.42 Å². The van der Waals surface area contributed by atoms with E-state index in [1.54, 1.807) is 35.2 Å². The normalized spacial score (nSPS) is 12.1. The molecule has 1 atom stereocenters. The molecule has 0 aromatic heterocycles. The number of carbonyl (C=O) groups is 2. The van der Waals surface area contributed by atoms with Gasteiger partial charge in [0, 0.05) is 36.1 Å². The quantitative estimate of drug-likeness (QED) is 0.322. The van der Waals surface area contributed by atoms with Crippen molar-refractivity contribution in [2.75, 3.05) is 23.7 Å². The summed E-state index contributed by atoms with van der Waals surface area (Å²) < 4.78 is 26.1. The Morgan fingerprint density at radius 2 is 1.75 bits per heavy atom. The SMILES string of the molecule is CCCCNC(=O)[C@@H](CC)N(Cc1ccccc1Cl)C(=O)CCCN(c1cccc(Cl)c1)S(C)(=O)=O. The van der Waals surface area contributed by atoms with Crippen molar-refractivity contribution in [2.45, 2.75) is 58.5 Å². The van der Waals surface area contributed by atoms with E-state index in [0.717, 1.165) is 24.7 Å². The number of hydrogen-bond acceptors (Lipinski definition) is 4. The van der Waals surface area contributed by atoms with Gasteiger partial charge in [-0.15, -0.1) is 0 Å². The molecule has 0 bridgehead atoms. The first-order chi connectivity index (χ1) is 17.1. The van der Waals surface area contributed by atoms with Gasteiger partial charge in [-0.05, 0) is 49.1 Å². The van der Waals surface area contributed by atoms with E-state index in [4.69, 9.17) is 23.2 Å². The first-order valence-electron chi connectivity index (χ1n) is 12.1. The molecule has 0 aliphatic heterocycles. The highest BCUT2D eigenvalue weighted by Gasteiger charge is 2.29. The van der Waals surface area contributed by atoms with Crippen LogP contribution in [0.2, 0.25) is 10.0 Å². The molecule has 0 radical (unpaired) electrons. The Bertz CT molecular complexity index is 1130. The van der Waals surface area contributed by atoms with Gasteiger partial charge in [-0.3, -0.25) is 13.9 Å². The Labute approximate surface area is 224 Å². The third-order valence-electron chi connectivity index (χ3n) is 5.76. The van der Waals surface area contributed by atoms with Crippen LogP contribution in [0.4, 0.5) is 5.69 Å². The monoisotopic (exact) mass is 555 g/mol. The zero-order chi connectivity index (χ0) is 26.7. The van der Waals surface area contributed by atoms with E-state index in [2.05, 4.69) is 5.32 Å². The summed E-state index contributed by atoms with van der Waals surface area (Å²) in [7, 11) is -3.59. The minimum absolute atomic E-state index is 0.0653. The van der Waals surface area contributed by atoms with Gasteiger partial charge in [0.1, 0.15) is 6.04 Å². The number of unbranched alkanes of at least 4 members (excludes halogenated alkanes) is 1. The largest absolute Gasteiger partial charge is 0.354 e. The molecule has 2 aromatic rings. The molecule has 7 nitrogen and oxygen atoms in total. The summed E-state index contributed by atoms with van der Waals surface area (Å²) in [4.78, 5) is 27.9. The lowest BCUT2D eigenvalue weighted by Crippen LogP contribution is -2.49. The number of rotatable bonds is 14. The predicted octanol–water partition coefficient (Wildman–Crippen LogP) is 5.26. The maximum atomic E-state index is 13.4. The molecule has 0 aliphatic rings. The van der Waals surface area contributed by atoms with E-state index in [9.17, 15) is 18.0 Å². The lowest BCUT2D eigenvalue weighted by molar-refractivity contribution is -0.141. The Morgan fingerprint density at radius 1 is 1.03 bits per heavy atom. The average Bonchev–Trinajstić information content (AvgIpc) is 2.82. The Morgan fingerprint density at radius 3 is 2.36 bits per heavy atom. The number of benzene rings is 2. The van der Waals surface area contributed by atoms with Crippen LogP contribution in [0, 0.1) is 0 Å². The van der Waals surface area contributed by atoms with Crippen LogP contribution in [0.15, 0.2) is 48.5 Å². The van der Waals surface area contributed by atoms with Gasteiger partial charge in [0.05, 0.1) is 11.9 Å². The van der Waals surface area contributed by atoms with Crippen molar-refractivity contribution in [3.63, 3.8) is 0 Å². The molecule has 36 heavy (non-hydrogen) atoms. The van der Waals surface area contributed by atoms with Gasteiger partial charge in [0.2, 0.25) is 21.8 Å². The molecule has 0 saturated carbocycles. The maximum Gasteiger partial charge on any atom is 0.242 e. The number of nitrogens with one attached hydrogen (secondary N) is 1. The molecule has 10 heteroatoms. The second-order valence-corrected chi connectivity index (χ2v) is 11.4. The molecule has 0 saturated heterocycles. The third kappa shape index (κ3) is 8.98. The summed E-state index contributed by atoms with van der Waals surface area (Å²) in [5, 5.41) is 3.86. The lowest BCUT2D eigenvalue weighted by Gasteiger charge is -2.31. The minimum atomic E-state index is -3.59. The number of carbonyl (C=O) groups excluding carboxylic acids is 2. The molecule has 0 aliphatic carbocycles. The van der Waals surface area contributed by atoms with Crippen molar-refractivity contribution in [3.05, 3.63) is 64.1 Å². The molecular formula is C26H35Cl2N3O4S. The smallest absolute Gasteiger partial charge is 0.242 e. The lowest BCUT2D eigenvalue weighted by atomic mass is 10.1. The molecule has 2 aromatic carbocycles. The van der Waals surface area contributed by atoms with Gasteiger partial charge < -0.3 is 10.2 Å². The summed E-state index contributed by atoms with van der Waals surface area (Å²) in [6, 6.07) is 13.1. The first kappa shape index (κ1) is 29.9. The predicted molar refractivity (Wildman–Crippen MR) is 147 cm³/mol. The van der Waals surface area contributed by atoms with Crippen LogP contribution in [-0.4, -0.2) is 50.5 Å². The summed E-state index contributed by atoms with van der Waals surface area (Å²) >= 11 is 12.4. The Hall–Kier alpha value is -2.29. The van der Waals surface area contributed by atoms with Gasteiger partial charge in [-0.2, -0.15) is 0 Å². The number of amides is 2. The second kappa shape index (κ2) is 14.4. The number of hydrogen-bond donors (Lipinski definition) is 1. The standard InChI is InChI=1S/C26H35Cl2N3O4S/c1-4-6-16-29-26(33)24(5-2)30(19-20-11-7-8-14-23(20)28)25(32)15-10-17-31(36(3,34)35)22-13-9-12-21(27)18-22/h7-9,11-14,18,24H,4-6,10,15-17,19H2,1-3H3,(H,29,33)/t24-/m1/s1. The van der Waals surface area contributed by atoms with E-state index >= 15 is 0 Å². The molecular weight excluding hydrogens is 521 g/mol. The van der Waals surface area contributed by atoms with E-state index in [-0.39, 0.29) is 37.7 Å². The van der Waals surface area contributed by atoms with Crippen molar-refractivity contribution in [3.8, 4) is 0 Å². The summed E-state index contributed by atoms with van der Waals surface area (Å²) in [5.74, 6) is -0.449. The third-order valence-corrected chi connectivity index (χ3v) is 7.56. The van der Waals surface area contributed by atoms with Crippen LogP contribution in [0.25, 0.3) is 0 Å². The molecule has 2 rings (SSSR count). The Kier molecular flexibility index (Phi) is 12.0.